The first kappa shape index (κ1) is 14.4. The topological polar surface area (TPSA) is 35.5 Å². The monoisotopic (exact) mass is 258 g/mol. The number of carbonyl (C=O) groups is 1. The molecule has 0 aliphatic carbocycles. The number of ether oxygens (including phenoxy) is 2. The lowest BCUT2D eigenvalue weighted by molar-refractivity contribution is -0.143. The molecule has 0 bridgehead atoms. The number of hydrogen-bond acceptors (Lipinski definition) is 3. The number of halogens is 2. The van der Waals surface area contributed by atoms with Gasteiger partial charge in [0.2, 0.25) is 0 Å². The standard InChI is InChI=1S/C13H16F2O3/c1-2-17-12(16)8-3-4-9-18-13-10(14)6-5-7-11(13)15/h5-7H,2-4,8-9H2,1H3. The highest BCUT2D eigenvalue weighted by Gasteiger charge is 2.09. The Hall–Kier alpha value is -1.65. The van der Waals surface area contributed by atoms with Crippen molar-refractivity contribution < 1.29 is 23.0 Å². The Bertz CT molecular complexity index is 374. The van der Waals surface area contributed by atoms with Crippen LogP contribution < -0.4 is 4.74 Å². The SMILES string of the molecule is CCOC(=O)CCCCOc1c(F)cccc1F. The molecule has 0 amide bonds. The summed E-state index contributed by atoms with van der Waals surface area (Å²) in [7, 11) is 0. The first-order valence-corrected chi connectivity index (χ1v) is 5.87. The first-order valence-electron chi connectivity index (χ1n) is 5.87. The summed E-state index contributed by atoms with van der Waals surface area (Å²) in [4.78, 5) is 11.0. The molecule has 5 heteroatoms. The van der Waals surface area contributed by atoms with Gasteiger partial charge in [0.1, 0.15) is 0 Å². The molecule has 0 saturated carbocycles. The maximum Gasteiger partial charge on any atom is 0.305 e. The van der Waals surface area contributed by atoms with Crippen LogP contribution >= 0.6 is 0 Å². The Morgan fingerprint density at radius 2 is 1.89 bits per heavy atom. The Labute approximate surface area is 105 Å². The molecule has 3 nitrogen and oxygen atoms in total. The third kappa shape index (κ3) is 4.69. The van der Waals surface area contributed by atoms with Crippen molar-refractivity contribution in [1.29, 1.82) is 0 Å². The molecule has 0 radical (unpaired) electrons. The van der Waals surface area contributed by atoms with E-state index < -0.39 is 11.6 Å². The van der Waals surface area contributed by atoms with Crippen LogP contribution in [0.4, 0.5) is 8.78 Å². The van der Waals surface area contributed by atoms with Crippen molar-refractivity contribution in [2.24, 2.45) is 0 Å². The van der Waals surface area contributed by atoms with Crippen LogP contribution in [-0.2, 0) is 9.53 Å². The number of hydrogen-bond donors (Lipinski definition) is 0. The Kier molecular flexibility index (Phi) is 6.11. The zero-order chi connectivity index (χ0) is 13.4. The van der Waals surface area contributed by atoms with E-state index in [1.165, 1.54) is 6.07 Å². The molecule has 0 aromatic heterocycles. The van der Waals surface area contributed by atoms with Gasteiger partial charge >= 0.3 is 5.97 Å². The highest BCUT2D eigenvalue weighted by molar-refractivity contribution is 5.69. The summed E-state index contributed by atoms with van der Waals surface area (Å²) >= 11 is 0. The largest absolute Gasteiger partial charge is 0.488 e. The lowest BCUT2D eigenvalue weighted by Crippen LogP contribution is -2.06. The Balaban J connectivity index is 2.24. The normalized spacial score (nSPS) is 10.2. The maximum absolute atomic E-state index is 13.1. The van der Waals surface area contributed by atoms with Gasteiger partial charge in [-0.25, -0.2) is 8.78 Å². The van der Waals surface area contributed by atoms with E-state index in [4.69, 9.17) is 9.47 Å². The fourth-order valence-corrected chi connectivity index (χ4v) is 1.40. The molecule has 18 heavy (non-hydrogen) atoms. The summed E-state index contributed by atoms with van der Waals surface area (Å²) < 4.78 is 36.1. The predicted molar refractivity (Wildman–Crippen MR) is 62.3 cm³/mol. The maximum atomic E-state index is 13.1. The molecule has 0 unspecified atom stereocenters. The highest BCUT2D eigenvalue weighted by atomic mass is 19.1. The van der Waals surface area contributed by atoms with Gasteiger partial charge in [0.05, 0.1) is 13.2 Å². The predicted octanol–water partition coefficient (Wildman–Crippen LogP) is 3.08. The molecule has 0 aliphatic heterocycles. The van der Waals surface area contributed by atoms with Gasteiger partial charge in [0.15, 0.2) is 17.4 Å². The molecule has 1 aromatic rings. The van der Waals surface area contributed by atoms with Gasteiger partial charge < -0.3 is 9.47 Å². The van der Waals surface area contributed by atoms with Gasteiger partial charge in [-0.3, -0.25) is 4.79 Å². The van der Waals surface area contributed by atoms with Crippen LogP contribution in [0.5, 0.6) is 5.75 Å². The summed E-state index contributed by atoms with van der Waals surface area (Å²) in [5.74, 6) is -2.08. The van der Waals surface area contributed by atoms with Crippen LogP contribution in [0.25, 0.3) is 0 Å². The van der Waals surface area contributed by atoms with Crippen LogP contribution in [0.15, 0.2) is 18.2 Å². The Morgan fingerprint density at radius 3 is 2.50 bits per heavy atom. The van der Waals surface area contributed by atoms with Crippen molar-refractivity contribution >= 4 is 5.97 Å². The zero-order valence-electron chi connectivity index (χ0n) is 10.2. The van der Waals surface area contributed by atoms with Gasteiger partial charge in [-0.05, 0) is 31.9 Å². The van der Waals surface area contributed by atoms with Crippen LogP contribution in [0.2, 0.25) is 0 Å². The molecule has 0 spiro atoms. The second kappa shape index (κ2) is 7.63. The lowest BCUT2D eigenvalue weighted by atomic mass is 10.2. The molecule has 0 N–H and O–H groups in total. The van der Waals surface area contributed by atoms with E-state index in [1.807, 2.05) is 0 Å². The van der Waals surface area contributed by atoms with Gasteiger partial charge in [-0.2, -0.15) is 0 Å². The molecule has 0 fully saturated rings. The van der Waals surface area contributed by atoms with Crippen LogP contribution in [0.1, 0.15) is 26.2 Å². The molecule has 100 valence electrons. The minimum absolute atomic E-state index is 0.164. The van der Waals surface area contributed by atoms with Crippen LogP contribution in [0, 0.1) is 11.6 Å². The third-order valence-electron chi connectivity index (χ3n) is 2.25. The van der Waals surface area contributed by atoms with Gasteiger partial charge in [0.25, 0.3) is 0 Å². The fraction of sp³-hybridized carbons (Fsp3) is 0.462. The molecule has 0 saturated heterocycles. The van der Waals surface area contributed by atoms with Crippen molar-refractivity contribution in [1.82, 2.24) is 0 Å². The van der Waals surface area contributed by atoms with Crippen LogP contribution in [-0.4, -0.2) is 19.2 Å². The molecule has 1 aromatic carbocycles. The van der Waals surface area contributed by atoms with Crippen molar-refractivity contribution in [3.63, 3.8) is 0 Å². The van der Waals surface area contributed by atoms with Gasteiger partial charge in [-0.15, -0.1) is 0 Å². The molecule has 1 rings (SSSR count). The minimum atomic E-state index is -0.722. The minimum Gasteiger partial charge on any atom is -0.488 e. The van der Waals surface area contributed by atoms with E-state index in [0.29, 0.717) is 19.4 Å². The number of para-hydroxylation sites is 1. The first-order chi connectivity index (χ1) is 8.65. The zero-order valence-corrected chi connectivity index (χ0v) is 10.2. The summed E-state index contributed by atoms with van der Waals surface area (Å²) in [6.07, 6.45) is 1.39. The van der Waals surface area contributed by atoms with Crippen molar-refractivity contribution in [3.8, 4) is 5.75 Å². The number of rotatable bonds is 7. The molecule has 0 atom stereocenters. The number of carbonyl (C=O) groups excluding carboxylic acids is 1. The summed E-state index contributed by atoms with van der Waals surface area (Å²) in [5.41, 5.74) is 0. The quantitative estimate of drug-likeness (QED) is 0.557. The van der Waals surface area contributed by atoms with E-state index in [2.05, 4.69) is 0 Å². The van der Waals surface area contributed by atoms with Gasteiger partial charge in [0, 0.05) is 6.42 Å². The Morgan fingerprint density at radius 1 is 1.22 bits per heavy atom. The number of unbranched alkanes of at least 4 members (excludes halogenated alkanes) is 1. The average molecular weight is 258 g/mol. The van der Waals surface area contributed by atoms with Crippen molar-refractivity contribution in [3.05, 3.63) is 29.8 Å². The van der Waals surface area contributed by atoms with E-state index in [1.54, 1.807) is 6.92 Å². The van der Waals surface area contributed by atoms with E-state index in [0.717, 1.165) is 12.1 Å². The van der Waals surface area contributed by atoms with E-state index in [9.17, 15) is 13.6 Å². The van der Waals surface area contributed by atoms with Crippen molar-refractivity contribution in [2.45, 2.75) is 26.2 Å². The van der Waals surface area contributed by atoms with Gasteiger partial charge in [-0.1, -0.05) is 6.07 Å². The summed E-state index contributed by atoms with van der Waals surface area (Å²) in [6.45, 7) is 2.26. The summed E-state index contributed by atoms with van der Waals surface area (Å²) in [5, 5.41) is 0. The molecular weight excluding hydrogens is 242 g/mol. The van der Waals surface area contributed by atoms with E-state index in [-0.39, 0.29) is 24.7 Å². The second-order valence-electron chi connectivity index (χ2n) is 3.66. The lowest BCUT2D eigenvalue weighted by Gasteiger charge is -2.07. The molecule has 0 aliphatic rings. The molecule has 0 heterocycles. The van der Waals surface area contributed by atoms with E-state index >= 15 is 0 Å². The van der Waals surface area contributed by atoms with Crippen molar-refractivity contribution in [2.75, 3.05) is 13.2 Å². The third-order valence-corrected chi connectivity index (χ3v) is 2.25. The second-order valence-corrected chi connectivity index (χ2v) is 3.66. The molecular formula is C13H16F2O3. The average Bonchev–Trinajstić information content (AvgIpc) is 2.32. The fourth-order valence-electron chi connectivity index (χ4n) is 1.40. The smallest absolute Gasteiger partial charge is 0.305 e. The summed E-state index contributed by atoms with van der Waals surface area (Å²) in [6, 6.07) is 3.55. The van der Waals surface area contributed by atoms with Crippen LogP contribution in [0.3, 0.4) is 0 Å². The number of benzene rings is 1. The number of esters is 1. The highest BCUT2D eigenvalue weighted by Crippen LogP contribution is 2.20.